The molecule has 0 atom stereocenters. The van der Waals surface area contributed by atoms with Crippen LogP contribution < -0.4 is 9.47 Å². The first kappa shape index (κ1) is 25.3. The number of aromatic nitrogens is 2. The van der Waals surface area contributed by atoms with Crippen molar-refractivity contribution in [2.45, 2.75) is 32.2 Å². The highest BCUT2D eigenvalue weighted by Gasteiger charge is 2.12. The standard InChI is InChI=1S/C34H34N2O2/c1-3-11-26-18-21-32(33(24-26)37-2)38-23-10-9-22-36-31-15-8-7-14-30(31)35-34(36)25-27-16-19-29(20-17-27)28-12-5-4-6-13-28/h3-8,12-21,24H,1,9-11,22-23,25H2,2H3. The van der Waals surface area contributed by atoms with E-state index in [2.05, 4.69) is 90.0 Å². The van der Waals surface area contributed by atoms with Gasteiger partial charge in [-0.2, -0.15) is 0 Å². The van der Waals surface area contributed by atoms with E-state index in [1.165, 1.54) is 27.8 Å². The van der Waals surface area contributed by atoms with E-state index in [0.717, 1.165) is 55.1 Å². The van der Waals surface area contributed by atoms with Crippen LogP contribution in [-0.2, 0) is 19.4 Å². The van der Waals surface area contributed by atoms with Gasteiger partial charge in [-0.25, -0.2) is 4.98 Å². The first-order valence-corrected chi connectivity index (χ1v) is 13.2. The summed E-state index contributed by atoms with van der Waals surface area (Å²) in [6, 6.07) is 33.8. The summed E-state index contributed by atoms with van der Waals surface area (Å²) >= 11 is 0. The zero-order valence-electron chi connectivity index (χ0n) is 22.0. The third-order valence-corrected chi connectivity index (χ3v) is 6.80. The van der Waals surface area contributed by atoms with Crippen molar-refractivity contribution < 1.29 is 9.47 Å². The summed E-state index contributed by atoms with van der Waals surface area (Å²) in [5.74, 6) is 2.65. The number of allylic oxidation sites excluding steroid dienone is 1. The Kier molecular flexibility index (Phi) is 8.19. The molecule has 5 rings (SSSR count). The molecular formula is C34H34N2O2. The van der Waals surface area contributed by atoms with Crippen molar-refractivity contribution in [1.29, 1.82) is 0 Å². The molecule has 4 heteroatoms. The highest BCUT2D eigenvalue weighted by atomic mass is 16.5. The van der Waals surface area contributed by atoms with Crippen LogP contribution in [0.3, 0.4) is 0 Å². The molecule has 0 fully saturated rings. The van der Waals surface area contributed by atoms with Crippen molar-refractivity contribution in [2.24, 2.45) is 0 Å². The summed E-state index contributed by atoms with van der Waals surface area (Å²) in [6.07, 6.45) is 5.44. The molecule has 192 valence electrons. The predicted molar refractivity (Wildman–Crippen MR) is 156 cm³/mol. The quantitative estimate of drug-likeness (QED) is 0.129. The predicted octanol–water partition coefficient (Wildman–Crippen LogP) is 7.89. The fraction of sp³-hybridized carbons (Fsp3) is 0.206. The van der Waals surface area contributed by atoms with Gasteiger partial charge in [0.05, 0.1) is 24.8 Å². The monoisotopic (exact) mass is 502 g/mol. The number of fused-ring (bicyclic) bond motifs is 1. The summed E-state index contributed by atoms with van der Waals surface area (Å²) in [4.78, 5) is 4.99. The molecule has 0 aliphatic heterocycles. The SMILES string of the molecule is C=CCc1ccc(OCCCCn2c(Cc3ccc(-c4ccccc4)cc3)nc3ccccc32)c(OC)c1. The Morgan fingerprint density at radius 2 is 1.53 bits per heavy atom. The van der Waals surface area contributed by atoms with Crippen molar-refractivity contribution in [2.75, 3.05) is 13.7 Å². The zero-order valence-corrected chi connectivity index (χ0v) is 22.0. The smallest absolute Gasteiger partial charge is 0.161 e. The summed E-state index contributed by atoms with van der Waals surface area (Å²) in [7, 11) is 1.68. The van der Waals surface area contributed by atoms with Gasteiger partial charge in [0.1, 0.15) is 5.82 Å². The number of ether oxygens (including phenoxy) is 2. The Bertz CT molecular complexity index is 1490. The number of imidazole rings is 1. The van der Waals surface area contributed by atoms with Crippen molar-refractivity contribution in [3.63, 3.8) is 0 Å². The van der Waals surface area contributed by atoms with Crippen LogP contribution in [0.5, 0.6) is 11.5 Å². The molecule has 1 aromatic heterocycles. The number of hydrogen-bond donors (Lipinski definition) is 0. The van der Waals surface area contributed by atoms with Gasteiger partial charge >= 0.3 is 0 Å². The average molecular weight is 503 g/mol. The molecule has 38 heavy (non-hydrogen) atoms. The Balaban J connectivity index is 1.23. The van der Waals surface area contributed by atoms with Crippen LogP contribution in [0.15, 0.2) is 110 Å². The fourth-order valence-corrected chi connectivity index (χ4v) is 4.82. The molecule has 4 nitrogen and oxygen atoms in total. The zero-order chi connectivity index (χ0) is 26.2. The van der Waals surface area contributed by atoms with E-state index < -0.39 is 0 Å². The summed E-state index contributed by atoms with van der Waals surface area (Å²) < 4.78 is 14.0. The molecule has 0 saturated heterocycles. The maximum absolute atomic E-state index is 6.07. The van der Waals surface area contributed by atoms with Crippen LogP contribution in [0.1, 0.15) is 29.8 Å². The van der Waals surface area contributed by atoms with E-state index in [-0.39, 0.29) is 0 Å². The van der Waals surface area contributed by atoms with Gasteiger partial charge in [0.25, 0.3) is 0 Å². The minimum Gasteiger partial charge on any atom is -0.493 e. The molecule has 5 aromatic rings. The first-order chi connectivity index (χ1) is 18.7. The molecule has 0 radical (unpaired) electrons. The number of nitrogens with zero attached hydrogens (tertiary/aromatic N) is 2. The van der Waals surface area contributed by atoms with Crippen molar-refractivity contribution in [3.05, 3.63) is 127 Å². The summed E-state index contributed by atoms with van der Waals surface area (Å²) in [5, 5.41) is 0. The maximum Gasteiger partial charge on any atom is 0.161 e. The molecular weight excluding hydrogens is 468 g/mol. The Morgan fingerprint density at radius 3 is 2.32 bits per heavy atom. The molecule has 0 amide bonds. The lowest BCUT2D eigenvalue weighted by Gasteiger charge is -2.13. The normalized spacial score (nSPS) is 11.0. The number of hydrogen-bond acceptors (Lipinski definition) is 3. The van der Waals surface area contributed by atoms with Crippen LogP contribution in [0.25, 0.3) is 22.2 Å². The molecule has 0 unspecified atom stereocenters. The molecule has 0 bridgehead atoms. The number of aryl methyl sites for hydroxylation is 1. The van der Waals surface area contributed by atoms with E-state index in [1.54, 1.807) is 7.11 Å². The number of rotatable bonds is 12. The average Bonchev–Trinajstić information content (AvgIpc) is 3.31. The van der Waals surface area contributed by atoms with Crippen LogP contribution >= 0.6 is 0 Å². The van der Waals surface area contributed by atoms with E-state index in [9.17, 15) is 0 Å². The van der Waals surface area contributed by atoms with Crippen LogP contribution in [0.2, 0.25) is 0 Å². The minimum absolute atomic E-state index is 0.639. The number of unbranched alkanes of at least 4 members (excludes halogenated alkanes) is 1. The highest BCUT2D eigenvalue weighted by Crippen LogP contribution is 2.29. The van der Waals surface area contributed by atoms with E-state index >= 15 is 0 Å². The molecule has 4 aromatic carbocycles. The number of para-hydroxylation sites is 2. The Morgan fingerprint density at radius 1 is 0.789 bits per heavy atom. The molecule has 0 spiro atoms. The second-order valence-electron chi connectivity index (χ2n) is 9.44. The van der Waals surface area contributed by atoms with Gasteiger partial charge in [-0.3, -0.25) is 0 Å². The molecule has 0 aliphatic carbocycles. The topological polar surface area (TPSA) is 36.3 Å². The number of benzene rings is 4. The van der Waals surface area contributed by atoms with Crippen LogP contribution in [0, 0.1) is 0 Å². The first-order valence-electron chi connectivity index (χ1n) is 13.2. The third-order valence-electron chi connectivity index (χ3n) is 6.80. The van der Waals surface area contributed by atoms with Gasteiger partial charge in [0, 0.05) is 13.0 Å². The van der Waals surface area contributed by atoms with Gasteiger partial charge in [0.15, 0.2) is 11.5 Å². The maximum atomic E-state index is 6.07. The van der Waals surface area contributed by atoms with Crippen LogP contribution in [-0.4, -0.2) is 23.3 Å². The lowest BCUT2D eigenvalue weighted by molar-refractivity contribution is 0.283. The van der Waals surface area contributed by atoms with Gasteiger partial charge in [-0.05, 0) is 65.8 Å². The highest BCUT2D eigenvalue weighted by molar-refractivity contribution is 5.76. The van der Waals surface area contributed by atoms with Crippen molar-refractivity contribution >= 4 is 11.0 Å². The molecule has 0 N–H and O–H groups in total. The molecule has 0 saturated carbocycles. The molecule has 0 aliphatic rings. The summed E-state index contributed by atoms with van der Waals surface area (Å²) in [5.41, 5.74) is 7.12. The number of methoxy groups -OCH3 is 1. The van der Waals surface area contributed by atoms with Crippen LogP contribution in [0.4, 0.5) is 0 Å². The summed E-state index contributed by atoms with van der Waals surface area (Å²) in [6.45, 7) is 5.35. The lowest BCUT2D eigenvalue weighted by atomic mass is 10.0. The Labute approximate surface area is 225 Å². The second-order valence-corrected chi connectivity index (χ2v) is 9.44. The Hall–Kier alpha value is -4.31. The third kappa shape index (κ3) is 5.97. The molecule has 1 heterocycles. The van der Waals surface area contributed by atoms with E-state index in [0.29, 0.717) is 6.61 Å². The van der Waals surface area contributed by atoms with Gasteiger partial charge < -0.3 is 14.0 Å². The van der Waals surface area contributed by atoms with Gasteiger partial charge in [-0.15, -0.1) is 6.58 Å². The van der Waals surface area contributed by atoms with Gasteiger partial charge in [-0.1, -0.05) is 78.9 Å². The van der Waals surface area contributed by atoms with Crippen molar-refractivity contribution in [1.82, 2.24) is 9.55 Å². The second kappa shape index (κ2) is 12.3. The van der Waals surface area contributed by atoms with E-state index in [4.69, 9.17) is 14.5 Å². The van der Waals surface area contributed by atoms with E-state index in [1.807, 2.05) is 24.3 Å². The largest absolute Gasteiger partial charge is 0.493 e. The van der Waals surface area contributed by atoms with Gasteiger partial charge in [0.2, 0.25) is 0 Å². The van der Waals surface area contributed by atoms with Crippen molar-refractivity contribution in [3.8, 4) is 22.6 Å². The fourth-order valence-electron chi connectivity index (χ4n) is 4.82. The lowest BCUT2D eigenvalue weighted by Crippen LogP contribution is -2.07. The minimum atomic E-state index is 0.639.